The number of amides is 3. The van der Waals surface area contributed by atoms with Crippen LogP contribution in [0.5, 0.6) is 11.5 Å². The van der Waals surface area contributed by atoms with E-state index in [-0.39, 0.29) is 61.0 Å². The van der Waals surface area contributed by atoms with Crippen LogP contribution in [-0.4, -0.2) is 76.3 Å². The van der Waals surface area contributed by atoms with E-state index in [4.69, 9.17) is 26.1 Å². The largest absolute Gasteiger partial charge is 0.504 e. The number of rotatable bonds is 12. The Morgan fingerprint density at radius 2 is 1.98 bits per heavy atom. The first-order valence-electron chi connectivity index (χ1n) is 16.2. The van der Waals surface area contributed by atoms with Crippen molar-refractivity contribution >= 4 is 36.7 Å². The maximum absolute atomic E-state index is 14.8. The van der Waals surface area contributed by atoms with Crippen molar-refractivity contribution in [2.75, 3.05) is 26.2 Å². The number of hydrogen-bond donors (Lipinski definition) is 5. The van der Waals surface area contributed by atoms with Gasteiger partial charge in [-0.2, -0.15) is 13.2 Å². The lowest BCUT2D eigenvalue weighted by Gasteiger charge is -2.34. The monoisotopic (exact) mass is 745 g/mol. The summed E-state index contributed by atoms with van der Waals surface area (Å²) >= 11 is 6.40. The summed E-state index contributed by atoms with van der Waals surface area (Å²) in [6.45, 7) is 4.32. The third kappa shape index (κ3) is 9.67. The third-order valence-electron chi connectivity index (χ3n) is 8.24. The number of alkyl halides is 3. The van der Waals surface area contributed by atoms with Crippen LogP contribution in [0.25, 0.3) is 0 Å². The molecule has 278 valence electrons. The van der Waals surface area contributed by atoms with Crippen molar-refractivity contribution in [3.63, 3.8) is 0 Å². The lowest BCUT2D eigenvalue weighted by Crippen LogP contribution is -2.48. The molecule has 14 nitrogen and oxygen atoms in total. The molecular weight excluding hydrogens is 707 g/mol. The molecular formula is C34H39ClF3N9O5. The van der Waals surface area contributed by atoms with Gasteiger partial charge in [0.1, 0.15) is 23.9 Å². The molecule has 52 heavy (non-hydrogen) atoms. The fourth-order valence-corrected chi connectivity index (χ4v) is 5.92. The van der Waals surface area contributed by atoms with Crippen molar-refractivity contribution in [3.05, 3.63) is 92.8 Å². The predicted molar refractivity (Wildman–Crippen MR) is 185 cm³/mol. The van der Waals surface area contributed by atoms with E-state index < -0.39 is 23.8 Å². The molecule has 0 saturated heterocycles. The number of nitrogens with one attached hydrogen (secondary N) is 3. The van der Waals surface area contributed by atoms with Gasteiger partial charge >= 0.3 is 6.18 Å². The Kier molecular flexibility index (Phi) is 13.8. The van der Waals surface area contributed by atoms with E-state index in [1.165, 1.54) is 23.7 Å². The second-order valence-corrected chi connectivity index (χ2v) is 11.9. The van der Waals surface area contributed by atoms with E-state index in [0.717, 1.165) is 23.3 Å². The lowest BCUT2D eigenvalue weighted by molar-refractivity contribution is -0.137. The van der Waals surface area contributed by atoms with Crippen molar-refractivity contribution in [1.29, 1.82) is 0 Å². The number of benzene rings is 2. The van der Waals surface area contributed by atoms with Crippen molar-refractivity contribution in [2.24, 2.45) is 10.7 Å². The molecule has 0 aliphatic carbocycles. The molecule has 0 fully saturated rings. The fraction of sp³-hybridized carbons (Fsp3) is 0.353. The van der Waals surface area contributed by atoms with Gasteiger partial charge in [0.25, 0.3) is 5.91 Å². The number of carbonyl (C=O) groups excluding carboxylic acids is 3. The van der Waals surface area contributed by atoms with Crippen molar-refractivity contribution in [2.45, 2.75) is 52.0 Å². The Morgan fingerprint density at radius 3 is 2.67 bits per heavy atom. The van der Waals surface area contributed by atoms with Crippen molar-refractivity contribution < 1.29 is 37.4 Å². The van der Waals surface area contributed by atoms with Crippen LogP contribution in [0.3, 0.4) is 0 Å². The maximum atomic E-state index is 14.8. The Labute approximate surface area is 302 Å². The topological polar surface area (TPSA) is 187 Å². The second kappa shape index (κ2) is 18.2. The van der Waals surface area contributed by atoms with Gasteiger partial charge in [0, 0.05) is 48.8 Å². The van der Waals surface area contributed by atoms with E-state index >= 15 is 0 Å². The average Bonchev–Trinajstić information content (AvgIpc) is 3.62. The summed E-state index contributed by atoms with van der Waals surface area (Å²) in [6.07, 6.45) is -0.564. The van der Waals surface area contributed by atoms with Crippen LogP contribution in [0.15, 0.2) is 59.1 Å². The van der Waals surface area contributed by atoms with Gasteiger partial charge in [0.05, 0.1) is 36.4 Å². The Bertz CT molecular complexity index is 1810. The molecule has 1 unspecified atom stereocenters. The number of fused-ring (bicyclic) bond motifs is 1. The van der Waals surface area contributed by atoms with Crippen LogP contribution in [0.2, 0.25) is 5.02 Å². The molecule has 3 aromatic rings. The van der Waals surface area contributed by atoms with E-state index in [0.29, 0.717) is 48.7 Å². The number of ether oxygens (including phenoxy) is 1. The SMILES string of the molecule is CC/C1=C(\N(CCNC=O)CCc2ncnc(C)c2O)C(=O)N(Cc2ccc(C(F)(F)F)cc2Cl)NC(c2cccc3c2CCO3)/N=C/N1.NC=O. The molecule has 0 spiro atoms. The normalized spacial score (nSPS) is 17.6. The molecule has 1 atom stereocenters. The summed E-state index contributed by atoms with van der Waals surface area (Å²) < 4.78 is 46.2. The first-order valence-corrected chi connectivity index (χ1v) is 16.6. The number of nitrogens with two attached hydrogens (primary N) is 1. The minimum absolute atomic E-state index is 0.0633. The Hall–Kier alpha value is -5.42. The number of nitrogens with zero attached hydrogens (tertiary/aromatic N) is 5. The molecule has 5 rings (SSSR count). The number of halogens is 4. The Balaban J connectivity index is 0.00000195. The first kappa shape index (κ1) is 39.4. The highest BCUT2D eigenvalue weighted by Gasteiger charge is 2.34. The number of primary amides is 1. The summed E-state index contributed by atoms with van der Waals surface area (Å²) in [5.41, 5.74) is 9.89. The summed E-state index contributed by atoms with van der Waals surface area (Å²) in [6, 6.07) is 8.54. The van der Waals surface area contributed by atoms with E-state index in [2.05, 4.69) is 31.8 Å². The van der Waals surface area contributed by atoms with Gasteiger partial charge in [-0.3, -0.25) is 24.4 Å². The molecule has 3 amide bonds. The smallest absolute Gasteiger partial charge is 0.416 e. The number of hydrazine groups is 1. The number of aryl methyl sites for hydroxylation is 1. The maximum Gasteiger partial charge on any atom is 0.416 e. The molecule has 1 aromatic heterocycles. The summed E-state index contributed by atoms with van der Waals surface area (Å²) in [5, 5.41) is 17.5. The van der Waals surface area contributed by atoms with Gasteiger partial charge in [-0.25, -0.2) is 15.4 Å². The van der Waals surface area contributed by atoms with Gasteiger partial charge in [-0.05, 0) is 42.7 Å². The number of aromatic hydroxyl groups is 1. The van der Waals surface area contributed by atoms with Crippen LogP contribution in [-0.2, 0) is 39.9 Å². The van der Waals surface area contributed by atoms with Crippen LogP contribution in [0, 0.1) is 6.92 Å². The molecule has 6 N–H and O–H groups in total. The quantitative estimate of drug-likeness (QED) is 0.136. The number of aromatic nitrogens is 2. The fourth-order valence-electron chi connectivity index (χ4n) is 5.68. The average molecular weight is 746 g/mol. The molecule has 2 aliphatic heterocycles. The Morgan fingerprint density at radius 1 is 1.21 bits per heavy atom. The minimum Gasteiger partial charge on any atom is -0.504 e. The summed E-state index contributed by atoms with van der Waals surface area (Å²) in [4.78, 5) is 49.3. The van der Waals surface area contributed by atoms with Gasteiger partial charge in [0.2, 0.25) is 12.8 Å². The molecule has 0 bridgehead atoms. The van der Waals surface area contributed by atoms with Crippen LogP contribution in [0.1, 0.15) is 53.2 Å². The van der Waals surface area contributed by atoms with Gasteiger partial charge in [0.15, 0.2) is 5.75 Å². The van der Waals surface area contributed by atoms with Crippen molar-refractivity contribution in [3.8, 4) is 11.5 Å². The van der Waals surface area contributed by atoms with Crippen LogP contribution >= 0.6 is 11.6 Å². The molecule has 2 aromatic carbocycles. The molecule has 0 radical (unpaired) electrons. The standard InChI is InChI=1S/C33H36ClF3N8O4.CH3NO/c1-3-26-29(44(13-11-38-19-46)12-9-27-30(47)20(2)39-17-41-27)32(48)45(16-21-7-8-22(15-25(21)34)33(35,36)37)43-31(42-18-40-26)24-5-4-6-28-23(24)10-14-49-28;2-1-3/h4-8,15,17-19,31,43,47H,3,9-14,16H2,1-2H3,(H,38,46)(H,40,42);1H,(H2,2,3)/b29-26+;. The lowest BCUT2D eigenvalue weighted by atomic mass is 10.0. The molecule has 3 heterocycles. The zero-order valence-corrected chi connectivity index (χ0v) is 29.2. The predicted octanol–water partition coefficient (Wildman–Crippen LogP) is 3.28. The number of hydrogen-bond acceptors (Lipinski definition) is 11. The first-order chi connectivity index (χ1) is 24.9. The molecule has 0 saturated carbocycles. The third-order valence-corrected chi connectivity index (χ3v) is 8.59. The van der Waals surface area contributed by atoms with Gasteiger partial charge in [-0.15, -0.1) is 0 Å². The van der Waals surface area contributed by atoms with E-state index in [1.807, 2.05) is 25.1 Å². The highest BCUT2D eigenvalue weighted by molar-refractivity contribution is 6.31. The second-order valence-electron chi connectivity index (χ2n) is 11.5. The van der Waals surface area contributed by atoms with Gasteiger partial charge < -0.3 is 31.1 Å². The molecule has 18 heteroatoms. The van der Waals surface area contributed by atoms with Gasteiger partial charge in [-0.1, -0.05) is 36.7 Å². The summed E-state index contributed by atoms with van der Waals surface area (Å²) in [7, 11) is 0. The number of carbonyl (C=O) groups is 3. The zero-order valence-electron chi connectivity index (χ0n) is 28.4. The molecule has 2 aliphatic rings. The summed E-state index contributed by atoms with van der Waals surface area (Å²) in [5.74, 6) is 0.108. The van der Waals surface area contributed by atoms with E-state index in [1.54, 1.807) is 11.8 Å². The van der Waals surface area contributed by atoms with Crippen molar-refractivity contribution in [1.82, 2.24) is 35.9 Å². The van der Waals surface area contributed by atoms with Crippen LogP contribution in [0.4, 0.5) is 13.2 Å². The van der Waals surface area contributed by atoms with E-state index in [9.17, 15) is 27.9 Å². The zero-order chi connectivity index (χ0) is 37.8. The number of allylic oxidation sites excluding steroid dienone is 1. The highest BCUT2D eigenvalue weighted by Crippen LogP contribution is 2.35. The van der Waals surface area contributed by atoms with Crippen LogP contribution < -0.4 is 26.5 Å². The number of aliphatic imine (C=N–C) groups is 1. The minimum atomic E-state index is -4.60. The highest BCUT2D eigenvalue weighted by atomic mass is 35.5.